The molecule has 1 atom stereocenters. The summed E-state index contributed by atoms with van der Waals surface area (Å²) in [7, 11) is 0. The fraction of sp³-hybridized carbons (Fsp3) is 0.409. The molecule has 1 unspecified atom stereocenters. The van der Waals surface area contributed by atoms with Crippen molar-refractivity contribution in [2.45, 2.75) is 51.7 Å². The molecule has 5 heteroatoms. The van der Waals surface area contributed by atoms with Gasteiger partial charge in [0.15, 0.2) is 0 Å². The van der Waals surface area contributed by atoms with Gasteiger partial charge >= 0.3 is 0 Å². The number of ether oxygens (including phenoxy) is 1. The van der Waals surface area contributed by atoms with Crippen molar-refractivity contribution < 1.29 is 9.84 Å². The van der Waals surface area contributed by atoms with E-state index >= 15 is 0 Å². The number of benzene rings is 2. The second-order valence-corrected chi connectivity index (χ2v) is 7.49. The standard InChI is InChI=1S/C22H26N2O2.ClH/c1-15-10-16(2)12-19(11-15)26-14-18(25)13-24-21-9-4-3-8-20(21)23-22(24)17-6-5-7-17;/h3-4,8-12,17-18,25H,5-7,13-14H2,1-2H3;1H. The number of para-hydroxylation sites is 2. The van der Waals surface area contributed by atoms with Gasteiger partial charge in [-0.25, -0.2) is 4.98 Å². The van der Waals surface area contributed by atoms with Gasteiger partial charge in [-0.05, 0) is 62.1 Å². The Hall–Kier alpha value is -2.04. The molecule has 1 aromatic heterocycles. The number of aromatic nitrogens is 2. The lowest BCUT2D eigenvalue weighted by atomic mass is 9.85. The van der Waals surface area contributed by atoms with Crippen molar-refractivity contribution in [1.29, 1.82) is 0 Å². The number of hydrogen-bond acceptors (Lipinski definition) is 3. The summed E-state index contributed by atoms with van der Waals surface area (Å²) in [5.74, 6) is 2.45. The third-order valence-electron chi connectivity index (χ3n) is 5.19. The number of aryl methyl sites for hydroxylation is 2. The minimum absolute atomic E-state index is 0. The zero-order chi connectivity index (χ0) is 18.1. The number of aliphatic hydroxyl groups is 1. The molecule has 4 rings (SSSR count). The lowest BCUT2D eigenvalue weighted by Crippen LogP contribution is -2.26. The largest absolute Gasteiger partial charge is 0.491 e. The van der Waals surface area contributed by atoms with Crippen LogP contribution >= 0.6 is 12.4 Å². The van der Waals surface area contributed by atoms with Crippen molar-refractivity contribution in [3.8, 4) is 5.75 Å². The third kappa shape index (κ3) is 4.28. The highest BCUT2D eigenvalue weighted by molar-refractivity contribution is 5.85. The molecule has 0 radical (unpaired) electrons. The minimum atomic E-state index is -0.577. The van der Waals surface area contributed by atoms with E-state index in [4.69, 9.17) is 9.72 Å². The number of imidazole rings is 1. The van der Waals surface area contributed by atoms with Crippen LogP contribution in [0.1, 0.15) is 42.1 Å². The van der Waals surface area contributed by atoms with E-state index in [-0.39, 0.29) is 19.0 Å². The molecular formula is C22H27ClN2O2. The van der Waals surface area contributed by atoms with Crippen molar-refractivity contribution in [1.82, 2.24) is 9.55 Å². The SMILES string of the molecule is Cc1cc(C)cc(OCC(O)Cn2c(C3CCC3)nc3ccccc32)c1.Cl. The molecule has 3 aromatic rings. The molecular weight excluding hydrogens is 360 g/mol. The minimum Gasteiger partial charge on any atom is -0.491 e. The van der Waals surface area contributed by atoms with Crippen molar-refractivity contribution in [2.24, 2.45) is 0 Å². The summed E-state index contributed by atoms with van der Waals surface area (Å²) in [6.07, 6.45) is 3.08. The predicted molar refractivity (Wildman–Crippen MR) is 111 cm³/mol. The van der Waals surface area contributed by atoms with Gasteiger partial charge in [0, 0.05) is 5.92 Å². The Bertz CT molecular complexity index is 898. The zero-order valence-corrected chi connectivity index (χ0v) is 16.7. The fourth-order valence-corrected chi connectivity index (χ4v) is 3.74. The number of hydrogen-bond donors (Lipinski definition) is 1. The number of nitrogens with zero attached hydrogens (tertiary/aromatic N) is 2. The second kappa shape index (κ2) is 8.32. The van der Waals surface area contributed by atoms with Gasteiger partial charge < -0.3 is 14.4 Å². The third-order valence-corrected chi connectivity index (χ3v) is 5.19. The van der Waals surface area contributed by atoms with Crippen molar-refractivity contribution in [3.05, 3.63) is 59.4 Å². The average molecular weight is 387 g/mol. The van der Waals surface area contributed by atoms with E-state index in [1.165, 1.54) is 30.4 Å². The molecule has 0 aliphatic heterocycles. The summed E-state index contributed by atoms with van der Waals surface area (Å²) in [6.45, 7) is 4.90. The molecule has 1 heterocycles. The topological polar surface area (TPSA) is 47.3 Å². The maximum Gasteiger partial charge on any atom is 0.119 e. The Morgan fingerprint density at radius 1 is 1.15 bits per heavy atom. The molecule has 4 nitrogen and oxygen atoms in total. The zero-order valence-electron chi connectivity index (χ0n) is 15.9. The smallest absolute Gasteiger partial charge is 0.119 e. The van der Waals surface area contributed by atoms with Crippen LogP contribution in [0.25, 0.3) is 11.0 Å². The fourth-order valence-electron chi connectivity index (χ4n) is 3.74. The van der Waals surface area contributed by atoms with Crippen LogP contribution in [0.15, 0.2) is 42.5 Å². The average Bonchev–Trinajstić information content (AvgIpc) is 2.89. The maximum atomic E-state index is 10.6. The van der Waals surface area contributed by atoms with E-state index in [0.29, 0.717) is 12.5 Å². The van der Waals surface area contributed by atoms with Gasteiger partial charge in [-0.15, -0.1) is 12.4 Å². The molecule has 27 heavy (non-hydrogen) atoms. The van der Waals surface area contributed by atoms with E-state index in [9.17, 15) is 5.11 Å². The molecule has 1 N–H and O–H groups in total. The Morgan fingerprint density at radius 3 is 2.52 bits per heavy atom. The van der Waals surface area contributed by atoms with E-state index < -0.39 is 6.10 Å². The summed E-state index contributed by atoms with van der Waals surface area (Å²) >= 11 is 0. The van der Waals surface area contributed by atoms with E-state index in [0.717, 1.165) is 22.6 Å². The Labute approximate surface area is 166 Å². The van der Waals surface area contributed by atoms with Gasteiger partial charge in [0.2, 0.25) is 0 Å². The van der Waals surface area contributed by atoms with Crippen molar-refractivity contribution >= 4 is 23.4 Å². The first-order valence-electron chi connectivity index (χ1n) is 9.44. The second-order valence-electron chi connectivity index (χ2n) is 7.49. The van der Waals surface area contributed by atoms with Crippen LogP contribution < -0.4 is 4.74 Å². The molecule has 0 spiro atoms. The summed E-state index contributed by atoms with van der Waals surface area (Å²) < 4.78 is 8.04. The molecule has 0 bridgehead atoms. The number of rotatable bonds is 6. The van der Waals surface area contributed by atoms with Gasteiger partial charge in [0.25, 0.3) is 0 Å². The number of halogens is 1. The van der Waals surface area contributed by atoms with E-state index in [2.05, 4.69) is 30.5 Å². The highest BCUT2D eigenvalue weighted by Crippen LogP contribution is 2.37. The maximum absolute atomic E-state index is 10.6. The van der Waals surface area contributed by atoms with Gasteiger partial charge in [-0.3, -0.25) is 0 Å². The van der Waals surface area contributed by atoms with Crippen LogP contribution in [0.2, 0.25) is 0 Å². The first-order valence-corrected chi connectivity index (χ1v) is 9.44. The summed E-state index contributed by atoms with van der Waals surface area (Å²) in [4.78, 5) is 4.84. The Kier molecular flexibility index (Phi) is 6.08. The highest BCUT2D eigenvalue weighted by Gasteiger charge is 2.26. The van der Waals surface area contributed by atoms with Gasteiger partial charge in [0.1, 0.15) is 24.3 Å². The van der Waals surface area contributed by atoms with Crippen LogP contribution in [0.5, 0.6) is 5.75 Å². The molecule has 1 saturated carbocycles. The lowest BCUT2D eigenvalue weighted by molar-refractivity contribution is 0.0919. The van der Waals surface area contributed by atoms with E-state index in [1.54, 1.807) is 0 Å². The van der Waals surface area contributed by atoms with Gasteiger partial charge in [-0.2, -0.15) is 0 Å². The molecule has 0 amide bonds. The molecule has 1 fully saturated rings. The summed E-state index contributed by atoms with van der Waals surface area (Å²) in [6, 6.07) is 14.3. The first kappa shape index (κ1) is 19.7. The normalized spacial score (nSPS) is 15.2. The van der Waals surface area contributed by atoms with Crippen LogP contribution in [-0.4, -0.2) is 27.4 Å². The first-order chi connectivity index (χ1) is 12.6. The van der Waals surface area contributed by atoms with Crippen LogP contribution in [0.4, 0.5) is 0 Å². The molecule has 1 aliphatic rings. The summed E-state index contributed by atoms with van der Waals surface area (Å²) in [5, 5.41) is 10.6. The molecule has 2 aromatic carbocycles. The molecule has 0 saturated heterocycles. The highest BCUT2D eigenvalue weighted by atomic mass is 35.5. The lowest BCUT2D eigenvalue weighted by Gasteiger charge is -2.26. The monoisotopic (exact) mass is 386 g/mol. The Balaban J connectivity index is 0.00000210. The van der Waals surface area contributed by atoms with Crippen LogP contribution in [0.3, 0.4) is 0 Å². The van der Waals surface area contributed by atoms with Crippen LogP contribution in [0, 0.1) is 13.8 Å². The summed E-state index contributed by atoms with van der Waals surface area (Å²) in [5.41, 5.74) is 4.45. The van der Waals surface area contributed by atoms with E-state index in [1.807, 2.05) is 30.3 Å². The molecule has 144 valence electrons. The molecule has 1 aliphatic carbocycles. The predicted octanol–water partition coefficient (Wildman–Crippen LogP) is 4.78. The Morgan fingerprint density at radius 2 is 1.85 bits per heavy atom. The van der Waals surface area contributed by atoms with Crippen LogP contribution in [-0.2, 0) is 6.54 Å². The number of aliphatic hydroxyl groups excluding tert-OH is 1. The van der Waals surface area contributed by atoms with Gasteiger partial charge in [-0.1, -0.05) is 24.6 Å². The number of fused-ring (bicyclic) bond motifs is 1. The quantitative estimate of drug-likeness (QED) is 0.663. The van der Waals surface area contributed by atoms with Crippen molar-refractivity contribution in [2.75, 3.05) is 6.61 Å². The van der Waals surface area contributed by atoms with Gasteiger partial charge in [0.05, 0.1) is 17.6 Å². The van der Waals surface area contributed by atoms with Crippen molar-refractivity contribution in [3.63, 3.8) is 0 Å².